The van der Waals surface area contributed by atoms with E-state index < -0.39 is 0 Å². The van der Waals surface area contributed by atoms with Gasteiger partial charge in [-0.05, 0) is 12.8 Å². The maximum absolute atomic E-state index is 5.47. The lowest BCUT2D eigenvalue weighted by atomic mass is 10.0. The lowest BCUT2D eigenvalue weighted by Crippen LogP contribution is -2.40. The molecule has 2 fully saturated rings. The molecule has 3 heterocycles. The average Bonchev–Trinajstić information content (AvgIpc) is 2.65. The fourth-order valence-corrected chi connectivity index (χ4v) is 1.79. The van der Waals surface area contributed by atoms with Gasteiger partial charge in [-0.1, -0.05) is 5.16 Å². The molecule has 3 rings (SSSR count). The fraction of sp³-hybridized carbons (Fsp3) is 0.778. The van der Waals surface area contributed by atoms with Crippen LogP contribution in [0, 0.1) is 0 Å². The van der Waals surface area contributed by atoms with Crippen molar-refractivity contribution in [1.29, 1.82) is 0 Å². The van der Waals surface area contributed by atoms with E-state index in [9.17, 15) is 0 Å². The van der Waals surface area contributed by atoms with E-state index in [0.717, 1.165) is 38.4 Å². The molecule has 2 saturated heterocycles. The summed E-state index contributed by atoms with van der Waals surface area (Å²) in [6.07, 6.45) is 2.14. The highest BCUT2D eigenvalue weighted by Crippen LogP contribution is 2.28. The Morgan fingerprint density at radius 2 is 2.20 bits per heavy atom. The van der Waals surface area contributed by atoms with Gasteiger partial charge in [-0.15, -0.1) is 12.4 Å². The molecule has 0 aromatic carbocycles. The lowest BCUT2D eigenvalue weighted by Gasteiger charge is -2.23. The Hall–Kier alpha value is -0.650. The molecule has 6 heteroatoms. The predicted octanol–water partition coefficient (Wildman–Crippen LogP) is 1.03. The standard InChI is InChI=1S/C9H13N3O2.ClH/c1-2-7(13-3-1)9-11-8(12-14-9)6-4-10-5-6;/h6-7,10H,1-5H2;1H/t7-;/m1./s1. The highest BCUT2D eigenvalue weighted by atomic mass is 35.5. The van der Waals surface area contributed by atoms with Crippen LogP contribution in [-0.4, -0.2) is 29.8 Å². The van der Waals surface area contributed by atoms with Crippen LogP contribution in [0.3, 0.4) is 0 Å². The second-order valence-electron chi connectivity index (χ2n) is 3.85. The average molecular weight is 232 g/mol. The Morgan fingerprint density at radius 3 is 2.80 bits per heavy atom. The molecule has 0 saturated carbocycles. The van der Waals surface area contributed by atoms with Crippen molar-refractivity contribution in [2.75, 3.05) is 19.7 Å². The molecule has 0 amide bonds. The van der Waals surface area contributed by atoms with Crippen molar-refractivity contribution < 1.29 is 9.26 Å². The zero-order chi connectivity index (χ0) is 9.38. The number of nitrogens with zero attached hydrogens (tertiary/aromatic N) is 2. The third-order valence-corrected chi connectivity index (χ3v) is 2.81. The lowest BCUT2D eigenvalue weighted by molar-refractivity contribution is 0.0835. The fourth-order valence-electron chi connectivity index (χ4n) is 1.79. The SMILES string of the molecule is C1CO[C@@H](c2nc(C3CNC3)no2)C1.Cl. The Bertz CT molecular complexity index is 321. The molecule has 2 aliphatic rings. The summed E-state index contributed by atoms with van der Waals surface area (Å²) in [4.78, 5) is 4.37. The minimum absolute atomic E-state index is 0. The maximum atomic E-state index is 5.47. The van der Waals surface area contributed by atoms with Gasteiger partial charge in [0.2, 0.25) is 0 Å². The van der Waals surface area contributed by atoms with Crippen molar-refractivity contribution >= 4 is 12.4 Å². The molecule has 2 aliphatic heterocycles. The normalized spacial score (nSPS) is 26.0. The van der Waals surface area contributed by atoms with Gasteiger partial charge in [-0.2, -0.15) is 4.98 Å². The number of halogens is 1. The molecule has 0 spiro atoms. The van der Waals surface area contributed by atoms with Crippen molar-refractivity contribution in [3.8, 4) is 0 Å². The minimum atomic E-state index is 0. The topological polar surface area (TPSA) is 60.2 Å². The van der Waals surface area contributed by atoms with E-state index in [1.54, 1.807) is 0 Å². The summed E-state index contributed by atoms with van der Waals surface area (Å²) in [5.41, 5.74) is 0. The van der Waals surface area contributed by atoms with Crippen LogP contribution in [0.15, 0.2) is 4.52 Å². The van der Waals surface area contributed by atoms with E-state index in [2.05, 4.69) is 15.5 Å². The van der Waals surface area contributed by atoms with Crippen LogP contribution in [0.1, 0.15) is 36.6 Å². The third-order valence-electron chi connectivity index (χ3n) is 2.81. The molecule has 1 aromatic rings. The number of aromatic nitrogens is 2. The van der Waals surface area contributed by atoms with Gasteiger partial charge < -0.3 is 14.6 Å². The van der Waals surface area contributed by atoms with E-state index in [-0.39, 0.29) is 18.5 Å². The van der Waals surface area contributed by atoms with Crippen molar-refractivity contribution in [3.05, 3.63) is 11.7 Å². The Labute approximate surface area is 94.0 Å². The Balaban J connectivity index is 0.000000853. The monoisotopic (exact) mass is 231 g/mol. The van der Waals surface area contributed by atoms with Crippen LogP contribution in [0.25, 0.3) is 0 Å². The zero-order valence-corrected chi connectivity index (χ0v) is 9.13. The predicted molar refractivity (Wildman–Crippen MR) is 55.1 cm³/mol. The van der Waals surface area contributed by atoms with Gasteiger partial charge in [0.05, 0.1) is 0 Å². The largest absolute Gasteiger partial charge is 0.368 e. The highest BCUT2D eigenvalue weighted by molar-refractivity contribution is 5.85. The summed E-state index contributed by atoms with van der Waals surface area (Å²) in [5, 5.41) is 7.16. The van der Waals surface area contributed by atoms with E-state index in [1.165, 1.54) is 0 Å². The summed E-state index contributed by atoms with van der Waals surface area (Å²) in [6, 6.07) is 0. The molecule has 1 N–H and O–H groups in total. The first-order valence-electron chi connectivity index (χ1n) is 5.09. The van der Waals surface area contributed by atoms with Crippen LogP contribution >= 0.6 is 12.4 Å². The molecule has 1 atom stereocenters. The van der Waals surface area contributed by atoms with Gasteiger partial charge in [0.15, 0.2) is 5.82 Å². The molecule has 0 bridgehead atoms. The summed E-state index contributed by atoms with van der Waals surface area (Å²) in [5.74, 6) is 1.92. The van der Waals surface area contributed by atoms with Gasteiger partial charge in [-0.25, -0.2) is 0 Å². The third kappa shape index (κ3) is 2.00. The molecule has 0 unspecified atom stereocenters. The smallest absolute Gasteiger partial charge is 0.255 e. The molecule has 1 aromatic heterocycles. The summed E-state index contributed by atoms with van der Waals surface area (Å²) in [6.45, 7) is 2.74. The van der Waals surface area contributed by atoms with E-state index in [1.807, 2.05) is 0 Å². The zero-order valence-electron chi connectivity index (χ0n) is 8.31. The summed E-state index contributed by atoms with van der Waals surface area (Å²) < 4.78 is 10.7. The van der Waals surface area contributed by atoms with Gasteiger partial charge in [-0.3, -0.25) is 0 Å². The van der Waals surface area contributed by atoms with Gasteiger partial charge in [0, 0.05) is 25.6 Å². The molecule has 84 valence electrons. The van der Waals surface area contributed by atoms with Gasteiger partial charge >= 0.3 is 0 Å². The van der Waals surface area contributed by atoms with Crippen LogP contribution in [0.5, 0.6) is 0 Å². The molecule has 5 nitrogen and oxygen atoms in total. The maximum Gasteiger partial charge on any atom is 0.255 e. The van der Waals surface area contributed by atoms with Crippen LogP contribution < -0.4 is 5.32 Å². The van der Waals surface area contributed by atoms with Crippen molar-refractivity contribution in [2.24, 2.45) is 0 Å². The number of rotatable bonds is 2. The quantitative estimate of drug-likeness (QED) is 0.824. The summed E-state index contributed by atoms with van der Waals surface area (Å²) in [7, 11) is 0. The molecule has 0 aliphatic carbocycles. The van der Waals surface area contributed by atoms with Crippen LogP contribution in [0.2, 0.25) is 0 Å². The minimum Gasteiger partial charge on any atom is -0.368 e. The van der Waals surface area contributed by atoms with Crippen molar-refractivity contribution in [3.63, 3.8) is 0 Å². The van der Waals surface area contributed by atoms with E-state index in [4.69, 9.17) is 9.26 Å². The van der Waals surface area contributed by atoms with Crippen molar-refractivity contribution in [2.45, 2.75) is 24.9 Å². The molecule has 15 heavy (non-hydrogen) atoms. The number of hydrogen-bond acceptors (Lipinski definition) is 5. The first-order chi connectivity index (χ1) is 6.93. The van der Waals surface area contributed by atoms with Crippen LogP contribution in [0.4, 0.5) is 0 Å². The van der Waals surface area contributed by atoms with Gasteiger partial charge in [0.1, 0.15) is 6.10 Å². The molecular formula is C9H14ClN3O2. The number of nitrogens with one attached hydrogen (secondary N) is 1. The number of hydrogen-bond donors (Lipinski definition) is 1. The second-order valence-corrected chi connectivity index (χ2v) is 3.85. The second kappa shape index (κ2) is 4.47. The Kier molecular flexibility index (Phi) is 3.23. The number of ether oxygens (including phenoxy) is 1. The van der Waals surface area contributed by atoms with Crippen LogP contribution in [-0.2, 0) is 4.74 Å². The first kappa shape index (κ1) is 10.9. The molecular weight excluding hydrogens is 218 g/mol. The van der Waals surface area contributed by atoms with Gasteiger partial charge in [0.25, 0.3) is 5.89 Å². The Morgan fingerprint density at radius 1 is 1.33 bits per heavy atom. The van der Waals surface area contributed by atoms with Crippen molar-refractivity contribution in [1.82, 2.24) is 15.5 Å². The van der Waals surface area contributed by atoms with E-state index in [0.29, 0.717) is 11.8 Å². The molecule has 0 radical (unpaired) electrons. The van der Waals surface area contributed by atoms with E-state index >= 15 is 0 Å². The highest BCUT2D eigenvalue weighted by Gasteiger charge is 2.28. The summed E-state index contributed by atoms with van der Waals surface area (Å²) >= 11 is 0. The first-order valence-corrected chi connectivity index (χ1v) is 5.09.